The molecule has 0 radical (unpaired) electrons. The molecule has 0 saturated heterocycles. The Morgan fingerprint density at radius 2 is 1.89 bits per heavy atom. The van der Waals surface area contributed by atoms with Crippen LogP contribution in [0.4, 0.5) is 5.95 Å². The van der Waals surface area contributed by atoms with Crippen LogP contribution in [0.15, 0.2) is 87.6 Å². The lowest BCUT2D eigenvalue weighted by atomic mass is 9.92. The molecule has 1 N–H and O–H groups in total. The van der Waals surface area contributed by atoms with Gasteiger partial charge in [0.25, 0.3) is 0 Å². The molecule has 3 aromatic carbocycles. The predicted octanol–water partition coefficient (Wildman–Crippen LogP) is 8.10. The van der Waals surface area contributed by atoms with E-state index in [2.05, 4.69) is 21.2 Å². The van der Waals surface area contributed by atoms with Gasteiger partial charge in [0.15, 0.2) is 5.78 Å². The second kappa shape index (κ2) is 11.5. The number of ether oxygens (including phenoxy) is 1. The molecule has 194 valence electrons. The Bertz CT molecular complexity index is 1540. The normalized spacial score (nSPS) is 14.7. The van der Waals surface area contributed by atoms with Crippen molar-refractivity contribution in [3.05, 3.63) is 109 Å². The lowest BCUT2D eigenvalue weighted by Crippen LogP contribution is -2.28. The van der Waals surface area contributed by atoms with Gasteiger partial charge in [-0.25, -0.2) is 4.68 Å². The van der Waals surface area contributed by atoms with E-state index in [-0.39, 0.29) is 5.78 Å². The van der Waals surface area contributed by atoms with Crippen molar-refractivity contribution in [1.29, 1.82) is 0 Å². The molecule has 0 bridgehead atoms. The van der Waals surface area contributed by atoms with Gasteiger partial charge >= 0.3 is 0 Å². The van der Waals surface area contributed by atoms with E-state index in [9.17, 15) is 4.79 Å². The molecule has 0 saturated carbocycles. The molecule has 0 fully saturated rings. The summed E-state index contributed by atoms with van der Waals surface area (Å²) in [6.07, 6.45) is 0. The topological polar surface area (TPSA) is 69.0 Å². The number of allylic oxidation sites excluding steroid dienone is 2. The summed E-state index contributed by atoms with van der Waals surface area (Å²) < 4.78 is 8.90. The molecule has 5 rings (SSSR count). The zero-order valence-electron chi connectivity index (χ0n) is 20.5. The largest absolute Gasteiger partial charge is 0.489 e. The maximum absolute atomic E-state index is 12.9. The van der Waals surface area contributed by atoms with Gasteiger partial charge in [0.05, 0.1) is 0 Å². The summed E-state index contributed by atoms with van der Waals surface area (Å²) >= 11 is 17.5. The monoisotopic (exact) mass is 628 g/mol. The van der Waals surface area contributed by atoms with Crippen LogP contribution in [0.5, 0.6) is 5.75 Å². The number of thioether (sulfide) groups is 1. The first kappa shape index (κ1) is 26.8. The highest BCUT2D eigenvalue weighted by Crippen LogP contribution is 2.41. The number of fused-ring (bicyclic) bond motifs is 1. The lowest BCUT2D eigenvalue weighted by Gasteiger charge is -2.29. The van der Waals surface area contributed by atoms with Crippen LogP contribution in [0.25, 0.3) is 0 Å². The molecule has 1 atom stereocenters. The van der Waals surface area contributed by atoms with Gasteiger partial charge < -0.3 is 10.1 Å². The predicted molar refractivity (Wildman–Crippen MR) is 156 cm³/mol. The third-order valence-corrected chi connectivity index (χ3v) is 8.10. The Morgan fingerprint density at radius 1 is 1.13 bits per heavy atom. The number of hydrogen-bond donors (Lipinski definition) is 1. The molecule has 1 aliphatic rings. The fourth-order valence-corrected chi connectivity index (χ4v) is 5.92. The maximum atomic E-state index is 12.9. The SMILES string of the molecule is CC(=O)C1=C(C)Nc2nc(SCc3ccccc3Cl)nn2C1c1cc(Br)ccc1OCc1ccc(Cl)cc1. The second-order valence-electron chi connectivity index (χ2n) is 8.76. The Kier molecular flexibility index (Phi) is 8.14. The summed E-state index contributed by atoms with van der Waals surface area (Å²) in [7, 11) is 0. The molecule has 2 heterocycles. The number of benzene rings is 3. The molecular weight excluding hydrogens is 607 g/mol. The fourth-order valence-electron chi connectivity index (χ4n) is 4.30. The molecule has 0 aliphatic carbocycles. The molecule has 4 aromatic rings. The van der Waals surface area contributed by atoms with Crippen LogP contribution >= 0.6 is 50.9 Å². The van der Waals surface area contributed by atoms with Crippen LogP contribution in [0, 0.1) is 0 Å². The number of nitrogens with zero attached hydrogens (tertiary/aromatic N) is 3. The summed E-state index contributed by atoms with van der Waals surface area (Å²) in [6.45, 7) is 3.79. The average molecular weight is 630 g/mol. The number of rotatable bonds is 8. The van der Waals surface area contributed by atoms with Crippen molar-refractivity contribution in [2.75, 3.05) is 5.32 Å². The van der Waals surface area contributed by atoms with Gasteiger partial charge in [-0.05, 0) is 61.4 Å². The lowest BCUT2D eigenvalue weighted by molar-refractivity contribution is -0.114. The van der Waals surface area contributed by atoms with E-state index in [1.54, 1.807) is 11.6 Å². The molecule has 38 heavy (non-hydrogen) atoms. The van der Waals surface area contributed by atoms with E-state index in [0.29, 0.717) is 44.8 Å². The van der Waals surface area contributed by atoms with Crippen LogP contribution in [0.2, 0.25) is 10.0 Å². The highest BCUT2D eigenvalue weighted by Gasteiger charge is 2.34. The minimum absolute atomic E-state index is 0.0601. The summed E-state index contributed by atoms with van der Waals surface area (Å²) in [6, 6.07) is 20.5. The summed E-state index contributed by atoms with van der Waals surface area (Å²) in [5.74, 6) is 1.76. The van der Waals surface area contributed by atoms with E-state index < -0.39 is 6.04 Å². The number of nitrogens with one attached hydrogen (secondary N) is 1. The fraction of sp³-hybridized carbons (Fsp3) is 0.179. The van der Waals surface area contributed by atoms with Crippen LogP contribution in [-0.4, -0.2) is 20.5 Å². The molecular formula is C28H23BrCl2N4O2S. The first-order chi connectivity index (χ1) is 18.3. The van der Waals surface area contributed by atoms with Crippen molar-refractivity contribution in [2.24, 2.45) is 0 Å². The number of carbonyl (C=O) groups is 1. The van der Waals surface area contributed by atoms with E-state index >= 15 is 0 Å². The molecule has 6 nitrogen and oxygen atoms in total. The van der Waals surface area contributed by atoms with Crippen molar-refractivity contribution in [3.63, 3.8) is 0 Å². The number of carbonyl (C=O) groups excluding carboxylic acids is 1. The number of aromatic nitrogens is 3. The number of anilines is 1. The van der Waals surface area contributed by atoms with E-state index in [4.69, 9.17) is 38.0 Å². The van der Waals surface area contributed by atoms with Crippen molar-refractivity contribution in [3.8, 4) is 5.75 Å². The quantitative estimate of drug-likeness (QED) is 0.199. The minimum atomic E-state index is -0.524. The van der Waals surface area contributed by atoms with E-state index in [0.717, 1.165) is 26.9 Å². The van der Waals surface area contributed by atoms with Crippen LogP contribution in [0.1, 0.15) is 36.6 Å². The average Bonchev–Trinajstić information content (AvgIpc) is 3.29. The third-order valence-electron chi connectivity index (χ3n) is 6.10. The zero-order valence-corrected chi connectivity index (χ0v) is 24.5. The Hall–Kier alpha value is -2.78. The van der Waals surface area contributed by atoms with Gasteiger partial charge in [0, 0.05) is 37.1 Å². The molecule has 1 unspecified atom stereocenters. The maximum Gasteiger partial charge on any atom is 0.227 e. The standard InChI is InChI=1S/C28H23BrCl2N4O2S/c1-16-25(17(2)36)26(22-13-20(29)9-12-24(22)37-14-18-7-10-21(30)11-8-18)35-27(32-16)33-28(34-35)38-15-19-5-3-4-6-23(19)31/h3-13,26H,14-15H2,1-2H3,(H,32,33,34). The second-order valence-corrected chi connectivity index (χ2v) is 11.5. The summed E-state index contributed by atoms with van der Waals surface area (Å²) in [4.78, 5) is 17.6. The molecule has 1 aromatic heterocycles. The number of ketones is 1. The summed E-state index contributed by atoms with van der Waals surface area (Å²) in [5.41, 5.74) is 4.10. The smallest absolute Gasteiger partial charge is 0.227 e. The zero-order chi connectivity index (χ0) is 26.8. The van der Waals surface area contributed by atoms with E-state index in [1.165, 1.54) is 11.8 Å². The van der Waals surface area contributed by atoms with Crippen LogP contribution in [-0.2, 0) is 17.2 Å². The van der Waals surface area contributed by atoms with Crippen LogP contribution < -0.4 is 10.1 Å². The van der Waals surface area contributed by atoms with Crippen molar-refractivity contribution >= 4 is 62.6 Å². The number of halogens is 3. The van der Waals surface area contributed by atoms with Gasteiger partial charge in [-0.15, -0.1) is 5.10 Å². The highest BCUT2D eigenvalue weighted by molar-refractivity contribution is 9.10. The molecule has 0 spiro atoms. The Morgan fingerprint density at radius 3 is 2.63 bits per heavy atom. The van der Waals surface area contributed by atoms with Gasteiger partial charge in [-0.2, -0.15) is 4.98 Å². The minimum Gasteiger partial charge on any atom is -0.489 e. The number of hydrogen-bond acceptors (Lipinski definition) is 6. The van der Waals surface area contributed by atoms with E-state index in [1.807, 2.05) is 73.7 Å². The molecule has 10 heteroatoms. The first-order valence-corrected chi connectivity index (χ1v) is 14.3. The molecule has 1 aliphatic heterocycles. The van der Waals surface area contributed by atoms with Crippen molar-refractivity contribution in [2.45, 2.75) is 37.4 Å². The molecule has 0 amide bonds. The Balaban J connectivity index is 1.51. The van der Waals surface area contributed by atoms with Gasteiger partial charge in [-0.1, -0.05) is 81.2 Å². The summed E-state index contributed by atoms with van der Waals surface area (Å²) in [5, 5.41) is 10.0. The van der Waals surface area contributed by atoms with Crippen LogP contribution in [0.3, 0.4) is 0 Å². The van der Waals surface area contributed by atoms with Gasteiger partial charge in [-0.3, -0.25) is 4.79 Å². The first-order valence-electron chi connectivity index (χ1n) is 11.8. The number of Topliss-reactive ketones (excluding diaryl/α,β-unsaturated/α-hetero) is 1. The van der Waals surface area contributed by atoms with Crippen molar-refractivity contribution in [1.82, 2.24) is 14.8 Å². The third kappa shape index (κ3) is 5.78. The van der Waals surface area contributed by atoms with Gasteiger partial charge in [0.1, 0.15) is 18.4 Å². The van der Waals surface area contributed by atoms with Gasteiger partial charge in [0.2, 0.25) is 11.1 Å². The van der Waals surface area contributed by atoms with Crippen molar-refractivity contribution < 1.29 is 9.53 Å². The Labute approximate surface area is 243 Å². The highest BCUT2D eigenvalue weighted by atomic mass is 79.9.